The van der Waals surface area contributed by atoms with Gasteiger partial charge in [0.05, 0.1) is 13.0 Å². The topological polar surface area (TPSA) is 71.5 Å². The van der Waals surface area contributed by atoms with Crippen LogP contribution in [0.15, 0.2) is 54.6 Å². The van der Waals surface area contributed by atoms with Crippen molar-refractivity contribution in [2.75, 3.05) is 24.1 Å². The van der Waals surface area contributed by atoms with E-state index in [9.17, 15) is 9.59 Å². The van der Waals surface area contributed by atoms with E-state index in [1.807, 2.05) is 55.5 Å². The molecule has 1 aliphatic rings. The molecule has 2 heterocycles. The van der Waals surface area contributed by atoms with Gasteiger partial charge in [-0.25, -0.2) is 4.98 Å². The van der Waals surface area contributed by atoms with Crippen LogP contribution >= 0.6 is 11.8 Å². The minimum absolute atomic E-state index is 0.193. The van der Waals surface area contributed by atoms with Crippen LogP contribution in [0.5, 0.6) is 5.88 Å². The fourth-order valence-electron chi connectivity index (χ4n) is 3.39. The normalized spacial score (nSPS) is 16.1. The molecule has 1 atom stereocenters. The summed E-state index contributed by atoms with van der Waals surface area (Å²) in [5.41, 5.74) is 2.06. The number of ether oxygens (including phenoxy) is 1. The molecule has 6 nitrogen and oxygen atoms in total. The second-order valence-electron chi connectivity index (χ2n) is 6.89. The molecular formula is C22H21N3O3S. The van der Waals surface area contributed by atoms with Crippen LogP contribution in [0.2, 0.25) is 0 Å². The molecular weight excluding hydrogens is 386 g/mol. The molecule has 2 aromatic carbocycles. The number of fused-ring (bicyclic) bond motifs is 1. The molecule has 1 aliphatic heterocycles. The van der Waals surface area contributed by atoms with E-state index in [-0.39, 0.29) is 17.5 Å². The van der Waals surface area contributed by atoms with Crippen molar-refractivity contribution in [2.45, 2.75) is 13.0 Å². The van der Waals surface area contributed by atoms with Gasteiger partial charge in [0, 0.05) is 16.8 Å². The van der Waals surface area contributed by atoms with E-state index in [0.29, 0.717) is 17.5 Å². The highest BCUT2D eigenvalue weighted by atomic mass is 32.2. The average molecular weight is 407 g/mol. The second-order valence-corrected chi connectivity index (χ2v) is 7.89. The molecule has 1 aromatic heterocycles. The highest BCUT2D eigenvalue weighted by Crippen LogP contribution is 2.28. The quantitative estimate of drug-likeness (QED) is 0.714. The maximum absolute atomic E-state index is 13.2. The predicted octanol–water partition coefficient (Wildman–Crippen LogP) is 3.71. The lowest BCUT2D eigenvalue weighted by Crippen LogP contribution is -2.44. The number of nitrogens with one attached hydrogen (secondary N) is 1. The number of hydrogen-bond acceptors (Lipinski definition) is 5. The molecule has 3 aromatic rings. The van der Waals surface area contributed by atoms with Crippen molar-refractivity contribution in [1.82, 2.24) is 9.88 Å². The van der Waals surface area contributed by atoms with E-state index < -0.39 is 6.04 Å². The lowest BCUT2D eigenvalue weighted by Gasteiger charge is -2.23. The number of nitrogens with zero attached hydrogens (tertiary/aromatic N) is 2. The Hall–Kier alpha value is -3.06. The summed E-state index contributed by atoms with van der Waals surface area (Å²) in [5.74, 6) is 0.930. The highest BCUT2D eigenvalue weighted by molar-refractivity contribution is 7.99. The zero-order valence-corrected chi connectivity index (χ0v) is 17.0. The minimum Gasteiger partial charge on any atom is -0.481 e. The van der Waals surface area contributed by atoms with E-state index in [1.165, 1.54) is 7.11 Å². The molecule has 0 saturated carbocycles. The number of carbonyl (C=O) groups is 2. The predicted molar refractivity (Wildman–Crippen MR) is 115 cm³/mol. The van der Waals surface area contributed by atoms with Gasteiger partial charge in [0.1, 0.15) is 11.7 Å². The summed E-state index contributed by atoms with van der Waals surface area (Å²) in [6.07, 6.45) is 0. The number of anilines is 1. The molecule has 1 fully saturated rings. The van der Waals surface area contributed by atoms with Gasteiger partial charge in [-0.3, -0.25) is 9.59 Å². The number of thioether (sulfide) groups is 1. The number of carbonyl (C=O) groups excluding carboxylic acids is 2. The average Bonchev–Trinajstić information content (AvgIpc) is 3.22. The lowest BCUT2D eigenvalue weighted by atomic mass is 10.1. The molecule has 0 bridgehead atoms. The van der Waals surface area contributed by atoms with Crippen molar-refractivity contribution < 1.29 is 14.3 Å². The number of rotatable bonds is 4. The van der Waals surface area contributed by atoms with Crippen LogP contribution in [0.25, 0.3) is 10.8 Å². The van der Waals surface area contributed by atoms with Gasteiger partial charge in [0.2, 0.25) is 11.8 Å². The molecule has 0 spiro atoms. The molecule has 7 heteroatoms. The molecule has 0 unspecified atom stereocenters. The third kappa shape index (κ3) is 3.91. The second kappa shape index (κ2) is 8.13. The monoisotopic (exact) mass is 407 g/mol. The van der Waals surface area contributed by atoms with Crippen LogP contribution in [0.1, 0.15) is 16.1 Å². The van der Waals surface area contributed by atoms with Crippen molar-refractivity contribution in [3.8, 4) is 5.88 Å². The molecule has 1 N–H and O–H groups in total. The SMILES string of the molecule is COc1nc(C(=O)N2CSC[C@@H]2C(=O)Nc2cccc(C)c2)cc2ccccc12. The van der Waals surface area contributed by atoms with Gasteiger partial charge in [0.25, 0.3) is 5.91 Å². The number of hydrogen-bond donors (Lipinski definition) is 1. The van der Waals surface area contributed by atoms with Crippen molar-refractivity contribution >= 4 is 40.0 Å². The van der Waals surface area contributed by atoms with Gasteiger partial charge in [-0.2, -0.15) is 0 Å². The first-order chi connectivity index (χ1) is 14.1. The highest BCUT2D eigenvalue weighted by Gasteiger charge is 2.36. The first kappa shape index (κ1) is 19.3. The third-order valence-corrected chi connectivity index (χ3v) is 5.86. The zero-order valence-electron chi connectivity index (χ0n) is 16.2. The lowest BCUT2D eigenvalue weighted by molar-refractivity contribution is -0.119. The van der Waals surface area contributed by atoms with Crippen LogP contribution < -0.4 is 10.1 Å². The van der Waals surface area contributed by atoms with Gasteiger partial charge >= 0.3 is 0 Å². The van der Waals surface area contributed by atoms with Gasteiger partial charge in [-0.05, 0) is 42.1 Å². The number of pyridine rings is 1. The molecule has 0 radical (unpaired) electrons. The Balaban J connectivity index is 1.59. The van der Waals surface area contributed by atoms with Crippen LogP contribution in [-0.4, -0.2) is 46.5 Å². The fraction of sp³-hybridized carbons (Fsp3) is 0.227. The number of amides is 2. The Labute approximate surface area is 173 Å². The molecule has 29 heavy (non-hydrogen) atoms. The summed E-state index contributed by atoms with van der Waals surface area (Å²) < 4.78 is 5.38. The summed E-state index contributed by atoms with van der Waals surface area (Å²) in [6.45, 7) is 1.97. The zero-order chi connectivity index (χ0) is 20.4. The number of benzene rings is 2. The van der Waals surface area contributed by atoms with Crippen molar-refractivity contribution in [3.05, 3.63) is 65.9 Å². The van der Waals surface area contributed by atoms with E-state index in [0.717, 1.165) is 22.0 Å². The number of methoxy groups -OCH3 is 1. The largest absolute Gasteiger partial charge is 0.481 e. The summed E-state index contributed by atoms with van der Waals surface area (Å²) in [6, 6.07) is 16.4. The first-order valence-electron chi connectivity index (χ1n) is 9.27. The maximum Gasteiger partial charge on any atom is 0.274 e. The molecule has 2 amide bonds. The molecule has 4 rings (SSSR count). The summed E-state index contributed by atoms with van der Waals surface area (Å²) in [7, 11) is 1.53. The number of aryl methyl sites for hydroxylation is 1. The summed E-state index contributed by atoms with van der Waals surface area (Å²) in [5, 5.41) is 4.64. The summed E-state index contributed by atoms with van der Waals surface area (Å²) >= 11 is 1.55. The van der Waals surface area contributed by atoms with Crippen LogP contribution in [0, 0.1) is 6.92 Å². The number of aromatic nitrogens is 1. The maximum atomic E-state index is 13.2. The van der Waals surface area contributed by atoms with Gasteiger partial charge < -0.3 is 15.0 Å². The van der Waals surface area contributed by atoms with Crippen molar-refractivity contribution in [3.63, 3.8) is 0 Å². The van der Waals surface area contributed by atoms with Crippen LogP contribution in [0.4, 0.5) is 5.69 Å². The molecule has 1 saturated heterocycles. The van der Waals surface area contributed by atoms with Gasteiger partial charge in [-0.1, -0.05) is 30.3 Å². The van der Waals surface area contributed by atoms with E-state index in [4.69, 9.17) is 4.74 Å². The van der Waals surface area contributed by atoms with E-state index in [1.54, 1.807) is 22.7 Å². The van der Waals surface area contributed by atoms with Crippen LogP contribution in [0.3, 0.4) is 0 Å². The fourth-order valence-corrected chi connectivity index (χ4v) is 4.54. The van der Waals surface area contributed by atoms with Gasteiger partial charge in [-0.15, -0.1) is 11.8 Å². The summed E-state index contributed by atoms with van der Waals surface area (Å²) in [4.78, 5) is 32.0. The first-order valence-corrected chi connectivity index (χ1v) is 10.4. The standard InChI is InChI=1S/C22H21N3O3S/c1-14-6-5-8-16(10-14)23-20(26)19-12-29-13-25(19)22(27)18-11-15-7-3-4-9-17(15)21(24-18)28-2/h3-11,19H,12-13H2,1-2H3,(H,23,26)/t19-/m1/s1. The smallest absolute Gasteiger partial charge is 0.274 e. The Morgan fingerprint density at radius 3 is 2.79 bits per heavy atom. The van der Waals surface area contributed by atoms with E-state index >= 15 is 0 Å². The van der Waals surface area contributed by atoms with Crippen molar-refractivity contribution in [1.29, 1.82) is 0 Å². The Kier molecular flexibility index (Phi) is 5.40. The Morgan fingerprint density at radius 1 is 1.17 bits per heavy atom. The van der Waals surface area contributed by atoms with Crippen LogP contribution in [-0.2, 0) is 4.79 Å². The van der Waals surface area contributed by atoms with E-state index in [2.05, 4.69) is 10.3 Å². The third-order valence-electron chi connectivity index (χ3n) is 4.85. The molecule has 148 valence electrons. The van der Waals surface area contributed by atoms with Gasteiger partial charge in [0.15, 0.2) is 0 Å². The Morgan fingerprint density at radius 2 is 2.00 bits per heavy atom. The molecule has 0 aliphatic carbocycles. The minimum atomic E-state index is -0.549. The van der Waals surface area contributed by atoms with Crippen molar-refractivity contribution in [2.24, 2.45) is 0 Å². The Bertz CT molecular complexity index is 1090.